The van der Waals surface area contributed by atoms with Crippen LogP contribution in [0.2, 0.25) is 0 Å². The molecule has 0 aromatic carbocycles. The van der Waals surface area contributed by atoms with Crippen molar-refractivity contribution in [2.24, 2.45) is 5.16 Å². The lowest BCUT2D eigenvalue weighted by Crippen LogP contribution is -2.20. The highest BCUT2D eigenvalue weighted by Crippen LogP contribution is 2.13. The van der Waals surface area contributed by atoms with Crippen LogP contribution < -0.4 is 5.73 Å². The van der Waals surface area contributed by atoms with Gasteiger partial charge in [-0.1, -0.05) is 18.5 Å². The van der Waals surface area contributed by atoms with Crippen LogP contribution in [-0.4, -0.2) is 30.4 Å². The van der Waals surface area contributed by atoms with Crippen molar-refractivity contribution >= 4 is 28.1 Å². The van der Waals surface area contributed by atoms with Gasteiger partial charge in [-0.05, 0) is 6.42 Å². The first-order chi connectivity index (χ1) is 8.19. The number of aromatic nitrogens is 1. The van der Waals surface area contributed by atoms with E-state index in [-0.39, 0.29) is 5.71 Å². The Kier molecular flexibility index (Phi) is 5.41. The van der Waals surface area contributed by atoms with Crippen LogP contribution in [0.4, 0.5) is 5.13 Å². The van der Waals surface area contributed by atoms with Gasteiger partial charge in [-0.3, -0.25) is 0 Å². The highest BCUT2D eigenvalue weighted by Gasteiger charge is 2.19. The Bertz CT molecular complexity index is 403. The van der Waals surface area contributed by atoms with E-state index in [4.69, 9.17) is 10.5 Å². The minimum atomic E-state index is -0.550. The van der Waals surface area contributed by atoms with Gasteiger partial charge in [0, 0.05) is 5.38 Å². The number of hydrogen-bond acceptors (Lipinski definition) is 7. The Labute approximate surface area is 103 Å². The van der Waals surface area contributed by atoms with E-state index in [0.29, 0.717) is 17.4 Å². The average Bonchev–Trinajstić information content (AvgIpc) is 2.72. The molecule has 1 aromatic rings. The van der Waals surface area contributed by atoms with E-state index in [1.54, 1.807) is 5.38 Å². The van der Waals surface area contributed by atoms with Gasteiger partial charge in [0.1, 0.15) is 12.8 Å². The van der Waals surface area contributed by atoms with Crippen molar-refractivity contribution in [3.8, 4) is 0 Å². The van der Waals surface area contributed by atoms with Gasteiger partial charge < -0.3 is 15.3 Å². The quantitative estimate of drug-likeness (QED) is 0.360. The van der Waals surface area contributed by atoms with Crippen LogP contribution in [0.5, 0.6) is 0 Å². The molecule has 0 amide bonds. The third-order valence-electron chi connectivity index (χ3n) is 1.87. The Morgan fingerprint density at radius 3 is 2.94 bits per heavy atom. The van der Waals surface area contributed by atoms with Crippen LogP contribution in [0, 0.1) is 0 Å². The molecule has 0 saturated heterocycles. The lowest BCUT2D eigenvalue weighted by atomic mass is 10.3. The van der Waals surface area contributed by atoms with Crippen LogP contribution in [0.15, 0.2) is 10.5 Å². The number of unbranched alkanes of at least 4 members (excludes halogenated alkanes) is 1. The zero-order valence-corrected chi connectivity index (χ0v) is 10.6. The molecule has 17 heavy (non-hydrogen) atoms. The zero-order valence-electron chi connectivity index (χ0n) is 9.80. The van der Waals surface area contributed by atoms with E-state index >= 15 is 0 Å². The van der Waals surface area contributed by atoms with Crippen molar-refractivity contribution in [1.29, 1.82) is 0 Å². The molecule has 0 unspecified atom stereocenters. The molecule has 0 aliphatic rings. The molecular formula is C10H15N3O3S. The predicted molar refractivity (Wildman–Crippen MR) is 65.9 cm³/mol. The minimum absolute atomic E-state index is 0.0385. The fraction of sp³-hybridized carbons (Fsp3) is 0.500. The predicted octanol–water partition coefficient (Wildman–Crippen LogP) is 1.42. The standard InChI is InChI=1S/C10H15N3O3S/c1-3-4-5-16-9(14)8(13-15-2)7-6-17-10(11)12-7/h6H,3-5H2,1-2H3,(H2,11,12)/b13-8-. The second kappa shape index (κ2) is 6.85. The van der Waals surface area contributed by atoms with Crippen molar-refractivity contribution in [2.45, 2.75) is 19.8 Å². The smallest absolute Gasteiger partial charge is 0.362 e. The molecule has 0 saturated carbocycles. The number of carbonyl (C=O) groups is 1. The van der Waals surface area contributed by atoms with Crippen molar-refractivity contribution in [3.05, 3.63) is 11.1 Å². The molecule has 0 aliphatic heterocycles. The summed E-state index contributed by atoms with van der Waals surface area (Å²) in [6, 6.07) is 0. The van der Waals surface area contributed by atoms with E-state index in [1.165, 1.54) is 18.4 Å². The van der Waals surface area contributed by atoms with Gasteiger partial charge in [-0.15, -0.1) is 11.3 Å². The largest absolute Gasteiger partial charge is 0.461 e. The number of ether oxygens (including phenoxy) is 1. The Morgan fingerprint density at radius 1 is 1.65 bits per heavy atom. The summed E-state index contributed by atoms with van der Waals surface area (Å²) in [6.45, 7) is 2.37. The maximum absolute atomic E-state index is 11.7. The van der Waals surface area contributed by atoms with E-state index < -0.39 is 5.97 Å². The summed E-state index contributed by atoms with van der Waals surface area (Å²) >= 11 is 1.23. The molecule has 0 fully saturated rings. The summed E-state index contributed by atoms with van der Waals surface area (Å²) in [5, 5.41) is 5.62. The number of esters is 1. The van der Waals surface area contributed by atoms with E-state index in [2.05, 4.69) is 15.0 Å². The van der Waals surface area contributed by atoms with E-state index in [9.17, 15) is 4.79 Å². The van der Waals surface area contributed by atoms with Gasteiger partial charge in [0.15, 0.2) is 5.13 Å². The van der Waals surface area contributed by atoms with Crippen LogP contribution in [0.3, 0.4) is 0 Å². The molecule has 1 rings (SSSR count). The normalized spacial score (nSPS) is 11.3. The van der Waals surface area contributed by atoms with E-state index in [0.717, 1.165) is 12.8 Å². The zero-order chi connectivity index (χ0) is 12.7. The number of nitrogens with zero attached hydrogens (tertiary/aromatic N) is 2. The van der Waals surface area contributed by atoms with Crippen molar-refractivity contribution in [3.63, 3.8) is 0 Å². The maximum atomic E-state index is 11.7. The maximum Gasteiger partial charge on any atom is 0.362 e. The fourth-order valence-corrected chi connectivity index (χ4v) is 1.60. The van der Waals surface area contributed by atoms with Crippen molar-refractivity contribution < 1.29 is 14.4 Å². The molecule has 94 valence electrons. The molecule has 0 aliphatic carbocycles. The van der Waals surface area contributed by atoms with Gasteiger partial charge in [0.2, 0.25) is 5.71 Å². The number of rotatable bonds is 6. The molecule has 0 radical (unpaired) electrons. The van der Waals surface area contributed by atoms with Crippen molar-refractivity contribution in [1.82, 2.24) is 4.98 Å². The number of carbonyl (C=O) groups excluding carboxylic acids is 1. The molecule has 1 aromatic heterocycles. The first-order valence-electron chi connectivity index (χ1n) is 5.18. The number of anilines is 1. The summed E-state index contributed by atoms with van der Waals surface area (Å²) < 4.78 is 5.03. The molecule has 6 nitrogen and oxygen atoms in total. The first-order valence-corrected chi connectivity index (χ1v) is 6.06. The summed E-state index contributed by atoms with van der Waals surface area (Å²) in [4.78, 5) is 20.3. The first kappa shape index (κ1) is 13.4. The Hall–Kier alpha value is -1.63. The summed E-state index contributed by atoms with van der Waals surface area (Å²) in [5.74, 6) is -0.550. The number of nitrogens with two attached hydrogens (primary N) is 1. The number of hydrogen-bond donors (Lipinski definition) is 1. The SMILES string of the molecule is CCCCOC(=O)/C(=N\OC)c1csc(N)n1. The van der Waals surface area contributed by atoms with Crippen molar-refractivity contribution in [2.75, 3.05) is 19.5 Å². The second-order valence-electron chi connectivity index (χ2n) is 3.18. The molecule has 2 N–H and O–H groups in total. The van der Waals surface area contributed by atoms with E-state index in [1.807, 2.05) is 6.92 Å². The molecule has 7 heteroatoms. The van der Waals surface area contributed by atoms with Gasteiger partial charge in [-0.2, -0.15) is 0 Å². The van der Waals surface area contributed by atoms with Gasteiger partial charge in [0.25, 0.3) is 0 Å². The van der Waals surface area contributed by atoms with Crippen LogP contribution in [-0.2, 0) is 14.4 Å². The lowest BCUT2D eigenvalue weighted by molar-refractivity contribution is -0.135. The third-order valence-corrected chi connectivity index (χ3v) is 2.55. The van der Waals surface area contributed by atoms with Crippen LogP contribution in [0.1, 0.15) is 25.5 Å². The molecule has 0 atom stereocenters. The highest BCUT2D eigenvalue weighted by molar-refractivity contribution is 7.13. The summed E-state index contributed by atoms with van der Waals surface area (Å²) in [7, 11) is 1.36. The minimum Gasteiger partial charge on any atom is -0.461 e. The van der Waals surface area contributed by atoms with Gasteiger partial charge in [0.05, 0.1) is 6.61 Å². The number of oxime groups is 1. The number of thiazole rings is 1. The Balaban J connectivity index is 2.73. The van der Waals surface area contributed by atoms with Gasteiger partial charge >= 0.3 is 5.97 Å². The fourth-order valence-electron chi connectivity index (χ4n) is 1.05. The van der Waals surface area contributed by atoms with Crippen LogP contribution >= 0.6 is 11.3 Å². The summed E-state index contributed by atoms with van der Waals surface area (Å²) in [5.41, 5.74) is 5.90. The molecule has 0 bridgehead atoms. The Morgan fingerprint density at radius 2 is 2.41 bits per heavy atom. The monoisotopic (exact) mass is 257 g/mol. The third kappa shape index (κ3) is 4.03. The highest BCUT2D eigenvalue weighted by atomic mass is 32.1. The van der Waals surface area contributed by atoms with Crippen LogP contribution in [0.25, 0.3) is 0 Å². The topological polar surface area (TPSA) is 86.8 Å². The molecular weight excluding hydrogens is 242 g/mol. The molecule has 0 spiro atoms. The summed E-state index contributed by atoms with van der Waals surface area (Å²) in [6.07, 6.45) is 1.76. The van der Waals surface area contributed by atoms with Gasteiger partial charge in [-0.25, -0.2) is 9.78 Å². The number of nitrogen functional groups attached to an aromatic ring is 1. The second-order valence-corrected chi connectivity index (χ2v) is 4.07. The molecule has 1 heterocycles. The lowest BCUT2D eigenvalue weighted by Gasteiger charge is -2.04. The average molecular weight is 257 g/mol.